The van der Waals surface area contributed by atoms with Gasteiger partial charge in [0.2, 0.25) is 0 Å². The lowest BCUT2D eigenvalue weighted by Crippen LogP contribution is -2.35. The monoisotopic (exact) mass is 222 g/mol. The van der Waals surface area contributed by atoms with E-state index in [4.69, 9.17) is 0 Å². The van der Waals surface area contributed by atoms with Gasteiger partial charge in [-0.2, -0.15) is 0 Å². The summed E-state index contributed by atoms with van der Waals surface area (Å²) in [6.45, 7) is 0. The van der Waals surface area contributed by atoms with E-state index >= 15 is 0 Å². The maximum Gasteiger partial charge on any atom is 0.190 e. The lowest BCUT2D eigenvalue weighted by atomic mass is 9.74. The first kappa shape index (κ1) is 9.90. The summed E-state index contributed by atoms with van der Waals surface area (Å²) in [6.07, 6.45) is 6.18. The van der Waals surface area contributed by atoms with E-state index in [0.29, 0.717) is 11.1 Å². The van der Waals surface area contributed by atoms with Crippen molar-refractivity contribution in [3.8, 4) is 0 Å². The molecule has 3 heteroatoms. The molecule has 17 heavy (non-hydrogen) atoms. The number of carbonyl (C=O) groups is 3. The Morgan fingerprint density at radius 2 is 1.71 bits per heavy atom. The first-order chi connectivity index (χ1) is 8.20. The molecular formula is C14H6O3. The van der Waals surface area contributed by atoms with Crippen LogP contribution in [-0.4, -0.2) is 17.3 Å². The van der Waals surface area contributed by atoms with Crippen LogP contribution in [0.25, 0.3) is 0 Å². The number of hydrogen-bond donors (Lipinski definition) is 0. The Kier molecular flexibility index (Phi) is 1.95. The molecule has 0 heterocycles. The number of fused-ring (bicyclic) bond motifs is 2. The Hall–Kier alpha value is -2.29. The first-order valence-corrected chi connectivity index (χ1v) is 5.13. The van der Waals surface area contributed by atoms with Gasteiger partial charge in [-0.05, 0) is 12.2 Å². The minimum atomic E-state index is -1.02. The van der Waals surface area contributed by atoms with E-state index in [1.807, 2.05) is 0 Å². The zero-order chi connectivity index (χ0) is 12.0. The SMILES string of the molecule is O=C1C2=C[C]=[C]C(=O)C2C(=O)c2ccccc21. The number of Topliss-reactive ketones (excluding diaryl/α,β-unsaturated/α-hetero) is 3. The van der Waals surface area contributed by atoms with Gasteiger partial charge in [-0.3, -0.25) is 14.4 Å². The third-order valence-electron chi connectivity index (χ3n) is 2.96. The van der Waals surface area contributed by atoms with Crippen LogP contribution in [0.15, 0.2) is 35.9 Å². The second kappa shape index (κ2) is 3.35. The number of hydrogen-bond acceptors (Lipinski definition) is 3. The molecule has 0 N–H and O–H groups in total. The van der Waals surface area contributed by atoms with Crippen molar-refractivity contribution in [1.29, 1.82) is 0 Å². The van der Waals surface area contributed by atoms with Crippen LogP contribution in [0.2, 0.25) is 0 Å². The normalized spacial score (nSPS) is 22.0. The lowest BCUT2D eigenvalue weighted by molar-refractivity contribution is -0.116. The molecule has 0 spiro atoms. The predicted octanol–water partition coefficient (Wildman–Crippen LogP) is 1.35. The average Bonchev–Trinajstić information content (AvgIpc) is 2.36. The molecule has 0 amide bonds. The summed E-state index contributed by atoms with van der Waals surface area (Å²) < 4.78 is 0. The van der Waals surface area contributed by atoms with Gasteiger partial charge in [0.1, 0.15) is 5.92 Å². The summed E-state index contributed by atoms with van der Waals surface area (Å²) in [4.78, 5) is 35.8. The van der Waals surface area contributed by atoms with Crippen molar-refractivity contribution in [2.45, 2.75) is 0 Å². The highest BCUT2D eigenvalue weighted by molar-refractivity contribution is 6.30. The molecule has 1 unspecified atom stereocenters. The highest BCUT2D eigenvalue weighted by Gasteiger charge is 2.41. The van der Waals surface area contributed by atoms with Crippen molar-refractivity contribution >= 4 is 17.3 Å². The minimum Gasteiger partial charge on any atom is -0.293 e. The van der Waals surface area contributed by atoms with Crippen LogP contribution in [0.4, 0.5) is 0 Å². The number of allylic oxidation sites excluding steroid dienone is 4. The molecule has 80 valence electrons. The molecule has 0 fully saturated rings. The van der Waals surface area contributed by atoms with Crippen LogP contribution in [0, 0.1) is 18.1 Å². The second-order valence-corrected chi connectivity index (χ2v) is 3.91. The summed E-state index contributed by atoms with van der Waals surface area (Å²) in [6, 6.07) is 6.54. The summed E-state index contributed by atoms with van der Waals surface area (Å²) in [7, 11) is 0. The van der Waals surface area contributed by atoms with Gasteiger partial charge >= 0.3 is 0 Å². The van der Waals surface area contributed by atoms with Crippen LogP contribution in [0.5, 0.6) is 0 Å². The highest BCUT2D eigenvalue weighted by atomic mass is 16.2. The van der Waals surface area contributed by atoms with Gasteiger partial charge in [-0.15, -0.1) is 0 Å². The molecule has 2 aliphatic rings. The molecule has 3 nitrogen and oxygen atoms in total. The summed E-state index contributed by atoms with van der Waals surface area (Å²) in [5.41, 5.74) is 0.880. The van der Waals surface area contributed by atoms with E-state index in [-0.39, 0.29) is 17.1 Å². The van der Waals surface area contributed by atoms with Crippen molar-refractivity contribution in [3.05, 3.63) is 59.2 Å². The Bertz CT molecular complexity index is 620. The quantitative estimate of drug-likeness (QED) is 0.622. The fourth-order valence-electron chi connectivity index (χ4n) is 2.15. The summed E-state index contributed by atoms with van der Waals surface area (Å²) in [5.74, 6) is -2.10. The molecule has 2 radical (unpaired) electrons. The van der Waals surface area contributed by atoms with Crippen molar-refractivity contribution < 1.29 is 14.4 Å². The Labute approximate surface area is 97.4 Å². The van der Waals surface area contributed by atoms with E-state index < -0.39 is 11.7 Å². The lowest BCUT2D eigenvalue weighted by Gasteiger charge is -2.24. The van der Waals surface area contributed by atoms with E-state index in [0.717, 1.165) is 0 Å². The van der Waals surface area contributed by atoms with Crippen molar-refractivity contribution in [3.63, 3.8) is 0 Å². The first-order valence-electron chi connectivity index (χ1n) is 5.13. The Morgan fingerprint density at radius 1 is 1.00 bits per heavy atom. The molecule has 0 aromatic heterocycles. The number of rotatable bonds is 0. The summed E-state index contributed by atoms with van der Waals surface area (Å²) in [5, 5.41) is 0. The second-order valence-electron chi connectivity index (χ2n) is 3.91. The van der Waals surface area contributed by atoms with Gasteiger partial charge in [0.15, 0.2) is 17.3 Å². The van der Waals surface area contributed by atoms with Crippen molar-refractivity contribution in [1.82, 2.24) is 0 Å². The zero-order valence-corrected chi connectivity index (χ0v) is 8.69. The van der Waals surface area contributed by atoms with Crippen LogP contribution < -0.4 is 0 Å². The molecular weight excluding hydrogens is 216 g/mol. The predicted molar refractivity (Wildman–Crippen MR) is 58.2 cm³/mol. The molecule has 0 bridgehead atoms. The Balaban J connectivity index is 2.28. The van der Waals surface area contributed by atoms with Crippen molar-refractivity contribution in [2.24, 2.45) is 5.92 Å². The minimum absolute atomic E-state index is 0.206. The van der Waals surface area contributed by atoms with E-state index in [1.54, 1.807) is 24.3 Å². The third kappa shape index (κ3) is 1.25. The fourth-order valence-corrected chi connectivity index (χ4v) is 2.15. The number of benzene rings is 1. The molecule has 0 saturated carbocycles. The van der Waals surface area contributed by atoms with E-state index in [9.17, 15) is 14.4 Å². The number of ketones is 3. The number of carbonyl (C=O) groups excluding carboxylic acids is 3. The van der Waals surface area contributed by atoms with E-state index in [1.165, 1.54) is 6.08 Å². The standard InChI is InChI=1S/C14H6O3/c15-11-7-3-6-10-12(11)14(17)9-5-2-1-4-8(9)13(10)16/h1-2,4-6,12H. The van der Waals surface area contributed by atoms with E-state index in [2.05, 4.69) is 12.2 Å². The van der Waals surface area contributed by atoms with Gasteiger partial charge < -0.3 is 0 Å². The van der Waals surface area contributed by atoms with Crippen LogP contribution >= 0.6 is 0 Å². The molecule has 2 aliphatic carbocycles. The van der Waals surface area contributed by atoms with Gasteiger partial charge in [-0.1, -0.05) is 24.3 Å². The molecule has 0 aliphatic heterocycles. The van der Waals surface area contributed by atoms with Crippen LogP contribution in [0.3, 0.4) is 0 Å². The van der Waals surface area contributed by atoms with Crippen LogP contribution in [-0.2, 0) is 4.79 Å². The fraction of sp³-hybridized carbons (Fsp3) is 0.0714. The zero-order valence-electron chi connectivity index (χ0n) is 8.69. The molecule has 0 saturated heterocycles. The molecule has 3 rings (SSSR count). The van der Waals surface area contributed by atoms with Gasteiger partial charge in [-0.25, -0.2) is 0 Å². The van der Waals surface area contributed by atoms with Gasteiger partial charge in [0.05, 0.1) is 0 Å². The summed E-state index contributed by atoms with van der Waals surface area (Å²) >= 11 is 0. The molecule has 1 aromatic carbocycles. The third-order valence-corrected chi connectivity index (χ3v) is 2.96. The molecule has 1 aromatic rings. The maximum absolute atomic E-state index is 12.1. The van der Waals surface area contributed by atoms with Crippen LogP contribution in [0.1, 0.15) is 20.7 Å². The van der Waals surface area contributed by atoms with Gasteiger partial charge in [0, 0.05) is 22.8 Å². The smallest absolute Gasteiger partial charge is 0.190 e. The largest absolute Gasteiger partial charge is 0.293 e. The highest BCUT2D eigenvalue weighted by Crippen LogP contribution is 2.31. The van der Waals surface area contributed by atoms with Crippen molar-refractivity contribution in [2.75, 3.05) is 0 Å². The Morgan fingerprint density at radius 3 is 2.47 bits per heavy atom. The maximum atomic E-state index is 12.1. The van der Waals surface area contributed by atoms with Gasteiger partial charge in [0.25, 0.3) is 0 Å². The average molecular weight is 222 g/mol. The topological polar surface area (TPSA) is 51.2 Å². The molecule has 1 atom stereocenters.